The molecule has 0 aliphatic rings. The highest BCUT2D eigenvalue weighted by atomic mass is 16.4. The third-order valence-corrected chi connectivity index (χ3v) is 2.30. The van der Waals surface area contributed by atoms with Crippen LogP contribution in [-0.2, 0) is 9.59 Å². The molecule has 1 aromatic rings. The average Bonchev–Trinajstić information content (AvgIpc) is 2.37. The van der Waals surface area contributed by atoms with Crippen LogP contribution >= 0.6 is 0 Å². The smallest absolute Gasteiger partial charge is 0.305 e. The summed E-state index contributed by atoms with van der Waals surface area (Å²) in [7, 11) is 0. The van der Waals surface area contributed by atoms with E-state index in [2.05, 4.69) is 5.32 Å². The summed E-state index contributed by atoms with van der Waals surface area (Å²) in [5, 5.41) is 19.4. The Morgan fingerprint density at radius 1 is 1.32 bits per heavy atom. The van der Waals surface area contributed by atoms with E-state index in [0.717, 1.165) is 0 Å². The summed E-state index contributed by atoms with van der Waals surface area (Å²) < 4.78 is 0. The zero-order valence-corrected chi connectivity index (χ0v) is 9.79. The molecule has 4 N–H and O–H groups in total. The number of carboxylic acids is 1. The lowest BCUT2D eigenvalue weighted by atomic mass is 10.1. The predicted octanol–water partition coefficient (Wildman–Crippen LogP) is -0.383. The Morgan fingerprint density at radius 3 is 2.32 bits per heavy atom. The Hall–Kier alpha value is -2.88. The molecule has 1 atom stereocenters. The van der Waals surface area contributed by atoms with Crippen LogP contribution in [0.4, 0.5) is 0 Å². The number of benzene rings is 1. The number of carbonyl (C=O) groups excluding carboxylic acids is 2. The molecular weight excluding hydrogens is 250 g/mol. The second kappa shape index (κ2) is 6.16. The van der Waals surface area contributed by atoms with E-state index >= 15 is 0 Å². The Kier molecular flexibility index (Phi) is 4.60. The van der Waals surface area contributed by atoms with Gasteiger partial charge in [-0.15, -0.1) is 0 Å². The van der Waals surface area contributed by atoms with Crippen LogP contribution in [0.2, 0.25) is 0 Å². The van der Waals surface area contributed by atoms with E-state index in [-0.39, 0.29) is 5.56 Å². The van der Waals surface area contributed by atoms with E-state index in [1.807, 2.05) is 6.07 Å². The molecular formula is C12H11N3O4. The molecule has 0 aromatic heterocycles. The first kappa shape index (κ1) is 14.2. The SMILES string of the molecule is N#Cc1ccc(C(=O)N[C@@H](CC(=O)O)C(N)=O)cc1. The van der Waals surface area contributed by atoms with Crippen molar-refractivity contribution < 1.29 is 19.5 Å². The lowest BCUT2D eigenvalue weighted by Gasteiger charge is -2.13. The maximum atomic E-state index is 11.7. The number of nitrogens with two attached hydrogens (primary N) is 1. The third-order valence-electron chi connectivity index (χ3n) is 2.30. The van der Waals surface area contributed by atoms with Crippen molar-refractivity contribution in [3.8, 4) is 6.07 Å². The van der Waals surface area contributed by atoms with Crippen LogP contribution < -0.4 is 11.1 Å². The normalized spacial score (nSPS) is 11.1. The number of carboxylic acid groups (broad SMARTS) is 1. The number of hydrogen-bond acceptors (Lipinski definition) is 4. The van der Waals surface area contributed by atoms with Gasteiger partial charge in [-0.1, -0.05) is 0 Å². The first-order chi connectivity index (χ1) is 8.93. The number of primary amides is 1. The van der Waals surface area contributed by atoms with E-state index in [9.17, 15) is 14.4 Å². The van der Waals surface area contributed by atoms with E-state index in [4.69, 9.17) is 16.1 Å². The quantitative estimate of drug-likeness (QED) is 0.664. The molecule has 2 amide bonds. The summed E-state index contributed by atoms with van der Waals surface area (Å²) in [6.07, 6.45) is -0.586. The number of amides is 2. The number of nitriles is 1. The van der Waals surface area contributed by atoms with Gasteiger partial charge in [-0.05, 0) is 24.3 Å². The summed E-state index contributed by atoms with van der Waals surface area (Å²) in [6.45, 7) is 0. The summed E-state index contributed by atoms with van der Waals surface area (Å²) in [5.41, 5.74) is 5.58. The fourth-order valence-corrected chi connectivity index (χ4v) is 1.34. The Balaban J connectivity index is 2.78. The van der Waals surface area contributed by atoms with Crippen molar-refractivity contribution in [3.05, 3.63) is 35.4 Å². The summed E-state index contributed by atoms with van der Waals surface area (Å²) in [4.78, 5) is 33.3. The molecule has 1 rings (SSSR count). The zero-order chi connectivity index (χ0) is 14.4. The molecule has 0 fully saturated rings. The number of aliphatic carboxylic acids is 1. The van der Waals surface area contributed by atoms with Gasteiger partial charge in [0.2, 0.25) is 5.91 Å². The average molecular weight is 261 g/mol. The van der Waals surface area contributed by atoms with Crippen molar-refractivity contribution in [2.24, 2.45) is 5.73 Å². The van der Waals surface area contributed by atoms with E-state index in [1.165, 1.54) is 24.3 Å². The van der Waals surface area contributed by atoms with Crippen molar-refractivity contribution in [2.45, 2.75) is 12.5 Å². The molecule has 0 saturated heterocycles. The van der Waals surface area contributed by atoms with Crippen LogP contribution in [0.1, 0.15) is 22.3 Å². The highest BCUT2D eigenvalue weighted by Gasteiger charge is 2.21. The molecule has 0 aliphatic heterocycles. The van der Waals surface area contributed by atoms with Crippen molar-refractivity contribution in [2.75, 3.05) is 0 Å². The molecule has 0 aliphatic carbocycles. The molecule has 0 bridgehead atoms. The van der Waals surface area contributed by atoms with Crippen LogP contribution in [0.3, 0.4) is 0 Å². The van der Waals surface area contributed by atoms with Gasteiger partial charge in [0, 0.05) is 5.56 Å². The number of nitrogens with one attached hydrogen (secondary N) is 1. The maximum absolute atomic E-state index is 11.7. The number of hydrogen-bond donors (Lipinski definition) is 3. The molecule has 0 saturated carbocycles. The monoisotopic (exact) mass is 261 g/mol. The van der Waals surface area contributed by atoms with Crippen molar-refractivity contribution in [1.82, 2.24) is 5.32 Å². The molecule has 19 heavy (non-hydrogen) atoms. The Morgan fingerprint density at radius 2 is 1.89 bits per heavy atom. The zero-order valence-electron chi connectivity index (χ0n) is 9.79. The molecule has 7 nitrogen and oxygen atoms in total. The van der Waals surface area contributed by atoms with E-state index < -0.39 is 30.2 Å². The van der Waals surface area contributed by atoms with Crippen molar-refractivity contribution in [3.63, 3.8) is 0 Å². The molecule has 98 valence electrons. The molecule has 0 unspecified atom stereocenters. The van der Waals surface area contributed by atoms with Gasteiger partial charge in [0.25, 0.3) is 5.91 Å². The van der Waals surface area contributed by atoms with Crippen LogP contribution in [0, 0.1) is 11.3 Å². The predicted molar refractivity (Wildman–Crippen MR) is 63.9 cm³/mol. The molecule has 0 radical (unpaired) electrons. The fourth-order valence-electron chi connectivity index (χ4n) is 1.34. The summed E-state index contributed by atoms with van der Waals surface area (Å²) in [6, 6.07) is 6.28. The standard InChI is InChI=1S/C12H11N3O4/c13-6-7-1-3-8(4-2-7)12(19)15-9(11(14)18)5-10(16)17/h1-4,9H,5H2,(H2,14,18)(H,15,19)(H,16,17)/t9-/m0/s1. The van der Waals surface area contributed by atoms with Crippen LogP contribution in [0.15, 0.2) is 24.3 Å². The lowest BCUT2D eigenvalue weighted by Crippen LogP contribution is -2.45. The van der Waals surface area contributed by atoms with Gasteiger partial charge < -0.3 is 16.2 Å². The molecule has 0 heterocycles. The number of nitrogens with zero attached hydrogens (tertiary/aromatic N) is 1. The van der Waals surface area contributed by atoms with Gasteiger partial charge in [0.15, 0.2) is 0 Å². The van der Waals surface area contributed by atoms with Gasteiger partial charge in [-0.2, -0.15) is 5.26 Å². The first-order valence-electron chi connectivity index (χ1n) is 5.26. The topological polar surface area (TPSA) is 133 Å². The second-order valence-corrected chi connectivity index (χ2v) is 3.72. The highest BCUT2D eigenvalue weighted by Crippen LogP contribution is 2.04. The Bertz CT molecular complexity index is 545. The van der Waals surface area contributed by atoms with Gasteiger partial charge >= 0.3 is 5.97 Å². The Labute approximate surface area is 108 Å². The van der Waals surface area contributed by atoms with Gasteiger partial charge in [0.1, 0.15) is 6.04 Å². The van der Waals surface area contributed by atoms with Gasteiger partial charge in [-0.25, -0.2) is 0 Å². The molecule has 1 aromatic carbocycles. The van der Waals surface area contributed by atoms with Crippen LogP contribution in [0.5, 0.6) is 0 Å². The van der Waals surface area contributed by atoms with Gasteiger partial charge in [0.05, 0.1) is 18.1 Å². The minimum absolute atomic E-state index is 0.204. The van der Waals surface area contributed by atoms with Crippen LogP contribution in [-0.4, -0.2) is 28.9 Å². The number of rotatable bonds is 5. The van der Waals surface area contributed by atoms with Crippen LogP contribution in [0.25, 0.3) is 0 Å². The minimum Gasteiger partial charge on any atom is -0.481 e. The molecule has 7 heteroatoms. The van der Waals surface area contributed by atoms with E-state index in [1.54, 1.807) is 0 Å². The fraction of sp³-hybridized carbons (Fsp3) is 0.167. The second-order valence-electron chi connectivity index (χ2n) is 3.72. The maximum Gasteiger partial charge on any atom is 0.305 e. The summed E-state index contributed by atoms with van der Waals surface area (Å²) in [5.74, 6) is -2.80. The number of carbonyl (C=O) groups is 3. The largest absolute Gasteiger partial charge is 0.481 e. The highest BCUT2D eigenvalue weighted by molar-refractivity contribution is 5.98. The molecule has 0 spiro atoms. The minimum atomic E-state index is -1.28. The summed E-state index contributed by atoms with van der Waals surface area (Å²) >= 11 is 0. The first-order valence-corrected chi connectivity index (χ1v) is 5.26. The lowest BCUT2D eigenvalue weighted by molar-refractivity contribution is -0.139. The van der Waals surface area contributed by atoms with Crippen molar-refractivity contribution in [1.29, 1.82) is 5.26 Å². The third kappa shape index (κ3) is 4.12. The van der Waals surface area contributed by atoms with Gasteiger partial charge in [-0.3, -0.25) is 14.4 Å². The van der Waals surface area contributed by atoms with Crippen molar-refractivity contribution >= 4 is 17.8 Å². The van der Waals surface area contributed by atoms with E-state index in [0.29, 0.717) is 5.56 Å².